The third kappa shape index (κ3) is 4.44. The molecule has 0 aliphatic carbocycles. The van der Waals surface area contributed by atoms with Crippen LogP contribution in [0.25, 0.3) is 0 Å². The average molecular weight is 266 g/mol. The van der Waals surface area contributed by atoms with Gasteiger partial charge in [-0.15, -0.1) is 0 Å². The zero-order valence-electron chi connectivity index (χ0n) is 11.6. The first-order chi connectivity index (χ1) is 8.74. The van der Waals surface area contributed by atoms with E-state index in [1.54, 1.807) is 0 Å². The number of phenolic OH excluding ortho intramolecular Hbond substituents is 2. The van der Waals surface area contributed by atoms with Crippen molar-refractivity contribution in [2.45, 2.75) is 33.2 Å². The van der Waals surface area contributed by atoms with Gasteiger partial charge in [0.15, 0.2) is 0 Å². The van der Waals surface area contributed by atoms with Crippen molar-refractivity contribution < 1.29 is 15.0 Å². The standard InChI is InChI=1S/C14H22N2O3/c1-14(2,3)12(4-5-15)16-13(19)9-6-10(17)8-11(18)7-9/h6-8,12,17-18H,4-5,15H2,1-3H3,(H,16,19). The molecule has 1 rings (SSSR count). The fourth-order valence-electron chi connectivity index (χ4n) is 1.86. The lowest BCUT2D eigenvalue weighted by molar-refractivity contribution is 0.0898. The van der Waals surface area contributed by atoms with Crippen LogP contribution in [-0.2, 0) is 0 Å². The van der Waals surface area contributed by atoms with E-state index in [9.17, 15) is 15.0 Å². The molecule has 0 bridgehead atoms. The van der Waals surface area contributed by atoms with Gasteiger partial charge in [-0.05, 0) is 30.5 Å². The summed E-state index contributed by atoms with van der Waals surface area (Å²) in [5.74, 6) is -0.618. The molecule has 1 amide bonds. The first kappa shape index (κ1) is 15.3. The molecule has 19 heavy (non-hydrogen) atoms. The van der Waals surface area contributed by atoms with Crippen molar-refractivity contribution in [3.63, 3.8) is 0 Å². The van der Waals surface area contributed by atoms with E-state index < -0.39 is 0 Å². The molecule has 0 saturated carbocycles. The summed E-state index contributed by atoms with van der Waals surface area (Å²) in [6.07, 6.45) is 0.667. The monoisotopic (exact) mass is 266 g/mol. The van der Waals surface area contributed by atoms with Crippen LogP contribution in [0, 0.1) is 5.41 Å². The van der Waals surface area contributed by atoms with Gasteiger partial charge in [0.1, 0.15) is 11.5 Å². The summed E-state index contributed by atoms with van der Waals surface area (Å²) in [4.78, 5) is 12.1. The molecule has 1 aromatic carbocycles. The minimum Gasteiger partial charge on any atom is -0.508 e. The fraction of sp³-hybridized carbons (Fsp3) is 0.500. The van der Waals surface area contributed by atoms with E-state index in [2.05, 4.69) is 5.32 Å². The van der Waals surface area contributed by atoms with Crippen LogP contribution in [-0.4, -0.2) is 28.7 Å². The fourth-order valence-corrected chi connectivity index (χ4v) is 1.86. The molecule has 0 saturated heterocycles. The van der Waals surface area contributed by atoms with Crippen LogP contribution in [0.1, 0.15) is 37.6 Å². The van der Waals surface area contributed by atoms with Gasteiger partial charge >= 0.3 is 0 Å². The van der Waals surface area contributed by atoms with Crippen LogP contribution in [0.3, 0.4) is 0 Å². The molecular weight excluding hydrogens is 244 g/mol. The van der Waals surface area contributed by atoms with Gasteiger partial charge in [0.25, 0.3) is 5.91 Å². The SMILES string of the molecule is CC(C)(C)C(CCN)NC(=O)c1cc(O)cc(O)c1. The minimum absolute atomic E-state index is 0.0745. The highest BCUT2D eigenvalue weighted by atomic mass is 16.3. The Morgan fingerprint density at radius 1 is 1.26 bits per heavy atom. The second-order valence-electron chi connectivity index (χ2n) is 5.71. The molecule has 0 fully saturated rings. The summed E-state index contributed by atoms with van der Waals surface area (Å²) >= 11 is 0. The topological polar surface area (TPSA) is 95.6 Å². The maximum absolute atomic E-state index is 12.1. The number of benzene rings is 1. The Hall–Kier alpha value is -1.75. The number of hydrogen-bond acceptors (Lipinski definition) is 4. The number of nitrogens with one attached hydrogen (secondary N) is 1. The third-order valence-electron chi connectivity index (χ3n) is 2.97. The smallest absolute Gasteiger partial charge is 0.251 e. The highest BCUT2D eigenvalue weighted by molar-refractivity contribution is 5.95. The van der Waals surface area contributed by atoms with E-state index in [1.165, 1.54) is 18.2 Å². The number of carbonyl (C=O) groups is 1. The molecule has 0 aromatic heterocycles. The molecule has 106 valence electrons. The highest BCUT2D eigenvalue weighted by Gasteiger charge is 2.26. The lowest BCUT2D eigenvalue weighted by Gasteiger charge is -2.31. The Bertz CT molecular complexity index is 432. The Morgan fingerprint density at radius 3 is 2.21 bits per heavy atom. The van der Waals surface area contributed by atoms with E-state index in [-0.39, 0.29) is 34.4 Å². The lowest BCUT2D eigenvalue weighted by atomic mass is 9.84. The van der Waals surface area contributed by atoms with Gasteiger partial charge in [0.05, 0.1) is 0 Å². The molecule has 0 radical (unpaired) electrons. The normalized spacial score (nSPS) is 13.1. The summed E-state index contributed by atoms with van der Waals surface area (Å²) in [6.45, 7) is 6.54. The second-order valence-corrected chi connectivity index (χ2v) is 5.71. The van der Waals surface area contributed by atoms with Gasteiger partial charge in [0, 0.05) is 17.7 Å². The van der Waals surface area contributed by atoms with E-state index in [0.717, 1.165) is 0 Å². The van der Waals surface area contributed by atoms with E-state index >= 15 is 0 Å². The molecule has 5 heteroatoms. The van der Waals surface area contributed by atoms with Gasteiger partial charge in [-0.25, -0.2) is 0 Å². The number of carbonyl (C=O) groups excluding carboxylic acids is 1. The number of nitrogens with two attached hydrogens (primary N) is 1. The number of rotatable bonds is 4. The molecule has 0 aliphatic rings. The van der Waals surface area contributed by atoms with E-state index in [0.29, 0.717) is 13.0 Å². The lowest BCUT2D eigenvalue weighted by Crippen LogP contribution is -2.44. The number of phenols is 2. The van der Waals surface area contributed by atoms with Crippen molar-refractivity contribution in [2.75, 3.05) is 6.54 Å². The summed E-state index contributed by atoms with van der Waals surface area (Å²) in [6, 6.07) is 3.74. The van der Waals surface area contributed by atoms with Crippen LogP contribution >= 0.6 is 0 Å². The Kier molecular flexibility index (Phi) is 4.78. The highest BCUT2D eigenvalue weighted by Crippen LogP contribution is 2.24. The number of aromatic hydroxyl groups is 2. The van der Waals surface area contributed by atoms with Gasteiger partial charge in [-0.1, -0.05) is 20.8 Å². The Morgan fingerprint density at radius 2 is 1.79 bits per heavy atom. The molecule has 1 aromatic rings. The maximum Gasteiger partial charge on any atom is 0.251 e. The van der Waals surface area contributed by atoms with Gasteiger partial charge in [-0.3, -0.25) is 4.79 Å². The Labute approximate surface area is 113 Å². The summed E-state index contributed by atoms with van der Waals surface area (Å²) in [5.41, 5.74) is 5.67. The second kappa shape index (κ2) is 5.93. The molecule has 5 N–H and O–H groups in total. The first-order valence-corrected chi connectivity index (χ1v) is 6.28. The van der Waals surface area contributed by atoms with Gasteiger partial charge in [0.2, 0.25) is 0 Å². The molecule has 5 nitrogen and oxygen atoms in total. The average Bonchev–Trinajstić information content (AvgIpc) is 2.25. The quantitative estimate of drug-likeness (QED) is 0.665. The van der Waals surface area contributed by atoms with Crippen LogP contribution in [0.5, 0.6) is 11.5 Å². The molecule has 0 heterocycles. The zero-order chi connectivity index (χ0) is 14.6. The summed E-state index contributed by atoms with van der Waals surface area (Å²) in [5, 5.41) is 21.6. The van der Waals surface area contributed by atoms with Crippen LogP contribution in [0.2, 0.25) is 0 Å². The minimum atomic E-state index is -0.334. The summed E-state index contributed by atoms with van der Waals surface area (Å²) < 4.78 is 0. The van der Waals surface area contributed by atoms with Crippen molar-refractivity contribution in [3.8, 4) is 11.5 Å². The molecule has 0 spiro atoms. The Balaban J connectivity index is 2.87. The van der Waals surface area contributed by atoms with Crippen molar-refractivity contribution >= 4 is 5.91 Å². The maximum atomic E-state index is 12.1. The largest absolute Gasteiger partial charge is 0.508 e. The van der Waals surface area contributed by atoms with Crippen LogP contribution in [0.15, 0.2) is 18.2 Å². The van der Waals surface area contributed by atoms with E-state index in [1.807, 2.05) is 20.8 Å². The van der Waals surface area contributed by atoms with Crippen molar-refractivity contribution in [1.82, 2.24) is 5.32 Å². The molecule has 1 atom stereocenters. The van der Waals surface area contributed by atoms with Crippen molar-refractivity contribution in [1.29, 1.82) is 0 Å². The number of hydrogen-bond donors (Lipinski definition) is 4. The van der Waals surface area contributed by atoms with Crippen molar-refractivity contribution in [2.24, 2.45) is 11.1 Å². The molecule has 1 unspecified atom stereocenters. The van der Waals surface area contributed by atoms with Crippen LogP contribution in [0.4, 0.5) is 0 Å². The van der Waals surface area contributed by atoms with Crippen LogP contribution < -0.4 is 11.1 Å². The third-order valence-corrected chi connectivity index (χ3v) is 2.97. The first-order valence-electron chi connectivity index (χ1n) is 6.28. The number of amides is 1. The van der Waals surface area contributed by atoms with Crippen molar-refractivity contribution in [3.05, 3.63) is 23.8 Å². The van der Waals surface area contributed by atoms with Gasteiger partial charge < -0.3 is 21.3 Å². The molecular formula is C14H22N2O3. The predicted molar refractivity (Wildman–Crippen MR) is 74.2 cm³/mol. The predicted octanol–water partition coefficient (Wildman–Crippen LogP) is 1.59. The van der Waals surface area contributed by atoms with E-state index in [4.69, 9.17) is 5.73 Å². The zero-order valence-corrected chi connectivity index (χ0v) is 11.6. The summed E-state index contributed by atoms with van der Waals surface area (Å²) in [7, 11) is 0. The van der Waals surface area contributed by atoms with Gasteiger partial charge in [-0.2, -0.15) is 0 Å². The molecule has 0 aliphatic heterocycles.